The predicted octanol–water partition coefficient (Wildman–Crippen LogP) is 2.94. The summed E-state index contributed by atoms with van der Waals surface area (Å²) in [5.41, 5.74) is 2.89. The Morgan fingerprint density at radius 3 is 2.90 bits per heavy atom. The van der Waals surface area contributed by atoms with E-state index in [2.05, 4.69) is 19.5 Å². The molecule has 0 aliphatic carbocycles. The Morgan fingerprint density at radius 1 is 1.35 bits per heavy atom. The fourth-order valence-electron chi connectivity index (χ4n) is 2.29. The molecule has 3 heterocycles. The van der Waals surface area contributed by atoms with E-state index in [0.717, 1.165) is 35.6 Å². The van der Waals surface area contributed by atoms with E-state index in [4.69, 9.17) is 11.6 Å². The van der Waals surface area contributed by atoms with Crippen molar-refractivity contribution in [2.45, 2.75) is 32.3 Å². The summed E-state index contributed by atoms with van der Waals surface area (Å²) in [4.78, 5) is 13.2. The first-order chi connectivity index (χ1) is 9.65. The van der Waals surface area contributed by atoms with Gasteiger partial charge in [0.1, 0.15) is 11.3 Å². The lowest BCUT2D eigenvalue weighted by atomic mass is 10.3. The second-order valence-corrected chi connectivity index (χ2v) is 5.55. The van der Waals surface area contributed by atoms with Gasteiger partial charge in [-0.05, 0) is 25.5 Å². The van der Waals surface area contributed by atoms with Crippen molar-refractivity contribution in [1.29, 1.82) is 0 Å². The largest absolute Gasteiger partial charge is 0.336 e. The maximum Gasteiger partial charge on any atom is 0.160 e. The minimum absolute atomic E-state index is 0.146. The van der Waals surface area contributed by atoms with Gasteiger partial charge in [-0.25, -0.2) is 15.0 Å². The average Bonchev–Trinajstić information content (AvgIpc) is 3.02. The Hall–Kier alpha value is -1.88. The van der Waals surface area contributed by atoms with Gasteiger partial charge >= 0.3 is 0 Å². The van der Waals surface area contributed by atoms with Crippen LogP contribution in [0.2, 0.25) is 0 Å². The quantitative estimate of drug-likeness (QED) is 0.694. The fourth-order valence-corrected chi connectivity index (χ4v) is 2.45. The molecule has 0 aliphatic heterocycles. The summed E-state index contributed by atoms with van der Waals surface area (Å²) in [6.07, 6.45) is 7.39. The van der Waals surface area contributed by atoms with Crippen molar-refractivity contribution in [3.8, 4) is 0 Å². The third-order valence-electron chi connectivity index (χ3n) is 3.25. The van der Waals surface area contributed by atoms with Crippen molar-refractivity contribution in [3.63, 3.8) is 0 Å². The number of pyridine rings is 1. The molecule has 20 heavy (non-hydrogen) atoms. The lowest BCUT2D eigenvalue weighted by Crippen LogP contribution is -2.10. The summed E-state index contributed by atoms with van der Waals surface area (Å²) in [5, 5.41) is -0.146. The van der Waals surface area contributed by atoms with Crippen LogP contribution in [0.1, 0.15) is 23.7 Å². The monoisotopic (exact) mass is 289 g/mol. The van der Waals surface area contributed by atoms with E-state index >= 15 is 0 Å². The molecule has 0 radical (unpaired) electrons. The third kappa shape index (κ3) is 2.41. The Balaban J connectivity index is 2.00. The van der Waals surface area contributed by atoms with Gasteiger partial charge in [0.25, 0.3) is 0 Å². The molecule has 1 atom stereocenters. The van der Waals surface area contributed by atoms with Gasteiger partial charge in [0.15, 0.2) is 5.65 Å². The molecule has 0 saturated carbocycles. The first-order valence-corrected chi connectivity index (χ1v) is 7.01. The van der Waals surface area contributed by atoms with E-state index in [0.29, 0.717) is 0 Å². The zero-order valence-corrected chi connectivity index (χ0v) is 12.2. The predicted molar refractivity (Wildman–Crippen MR) is 78.8 cm³/mol. The molecular weight excluding hydrogens is 274 g/mol. The number of rotatable bonds is 4. The van der Waals surface area contributed by atoms with Gasteiger partial charge in [0, 0.05) is 31.7 Å². The Morgan fingerprint density at radius 2 is 2.20 bits per heavy atom. The minimum Gasteiger partial charge on any atom is -0.336 e. The number of hydrogen-bond donors (Lipinski definition) is 0. The summed E-state index contributed by atoms with van der Waals surface area (Å²) in [6, 6.07) is 2.04. The first-order valence-electron chi connectivity index (χ1n) is 6.58. The molecule has 1 unspecified atom stereocenters. The Kier molecular flexibility index (Phi) is 3.44. The van der Waals surface area contributed by atoms with E-state index in [-0.39, 0.29) is 5.38 Å². The normalized spacial score (nSPS) is 12.9. The average molecular weight is 290 g/mol. The lowest BCUT2D eigenvalue weighted by Gasteiger charge is -2.10. The molecule has 0 fully saturated rings. The van der Waals surface area contributed by atoms with Crippen LogP contribution < -0.4 is 0 Å². The first kappa shape index (κ1) is 13.1. The van der Waals surface area contributed by atoms with Crippen molar-refractivity contribution in [1.82, 2.24) is 24.1 Å². The van der Waals surface area contributed by atoms with Crippen LogP contribution in [-0.4, -0.2) is 24.1 Å². The molecule has 3 aromatic rings. The molecule has 5 nitrogen and oxygen atoms in total. The SMILES string of the molecule is Cc1cnc2c(c1)nc(C(C)Cl)n2CCn1ccnc1. The van der Waals surface area contributed by atoms with Crippen LogP contribution >= 0.6 is 11.6 Å². The highest BCUT2D eigenvalue weighted by atomic mass is 35.5. The summed E-state index contributed by atoms with van der Waals surface area (Å²) < 4.78 is 4.12. The summed E-state index contributed by atoms with van der Waals surface area (Å²) in [6.45, 7) is 5.54. The van der Waals surface area contributed by atoms with Crippen LogP contribution in [-0.2, 0) is 13.1 Å². The van der Waals surface area contributed by atoms with Crippen LogP contribution in [0, 0.1) is 6.92 Å². The molecular formula is C14H16ClN5. The second-order valence-electron chi connectivity index (χ2n) is 4.89. The van der Waals surface area contributed by atoms with E-state index in [1.807, 2.05) is 36.9 Å². The van der Waals surface area contributed by atoms with Crippen LogP contribution in [0.25, 0.3) is 11.2 Å². The second kappa shape index (κ2) is 5.25. The van der Waals surface area contributed by atoms with Crippen molar-refractivity contribution >= 4 is 22.8 Å². The number of imidazole rings is 2. The van der Waals surface area contributed by atoms with Gasteiger partial charge in [-0.2, -0.15) is 0 Å². The van der Waals surface area contributed by atoms with Gasteiger partial charge in [0.2, 0.25) is 0 Å². The molecule has 104 valence electrons. The maximum atomic E-state index is 6.25. The molecule has 0 amide bonds. The van der Waals surface area contributed by atoms with Crippen molar-refractivity contribution < 1.29 is 0 Å². The highest BCUT2D eigenvalue weighted by molar-refractivity contribution is 6.20. The molecule has 0 spiro atoms. The van der Waals surface area contributed by atoms with Crippen molar-refractivity contribution in [2.75, 3.05) is 0 Å². The number of aromatic nitrogens is 5. The summed E-state index contributed by atoms with van der Waals surface area (Å²) >= 11 is 6.25. The van der Waals surface area contributed by atoms with E-state index in [1.54, 1.807) is 12.5 Å². The van der Waals surface area contributed by atoms with Crippen LogP contribution in [0.4, 0.5) is 0 Å². The highest BCUT2D eigenvalue weighted by Gasteiger charge is 2.15. The summed E-state index contributed by atoms with van der Waals surface area (Å²) in [5.74, 6) is 0.861. The topological polar surface area (TPSA) is 48.5 Å². The smallest absolute Gasteiger partial charge is 0.160 e. The number of halogens is 1. The molecule has 0 aliphatic rings. The number of aryl methyl sites for hydroxylation is 3. The van der Waals surface area contributed by atoms with E-state index in [9.17, 15) is 0 Å². The number of fused-ring (bicyclic) bond motifs is 1. The molecule has 0 N–H and O–H groups in total. The molecule has 3 rings (SSSR count). The van der Waals surface area contributed by atoms with Crippen molar-refractivity contribution in [2.24, 2.45) is 0 Å². The molecule has 6 heteroatoms. The zero-order valence-electron chi connectivity index (χ0n) is 11.5. The molecule has 0 aromatic carbocycles. The summed E-state index contributed by atoms with van der Waals surface area (Å²) in [7, 11) is 0. The fraction of sp³-hybridized carbons (Fsp3) is 0.357. The van der Waals surface area contributed by atoms with E-state index in [1.165, 1.54) is 0 Å². The number of nitrogens with zero attached hydrogens (tertiary/aromatic N) is 5. The van der Waals surface area contributed by atoms with E-state index < -0.39 is 0 Å². The molecule has 3 aromatic heterocycles. The lowest BCUT2D eigenvalue weighted by molar-refractivity contribution is 0.567. The maximum absolute atomic E-state index is 6.25. The Labute approximate surface area is 122 Å². The third-order valence-corrected chi connectivity index (χ3v) is 3.44. The number of hydrogen-bond acceptors (Lipinski definition) is 3. The molecule has 0 saturated heterocycles. The van der Waals surface area contributed by atoms with Crippen LogP contribution in [0.5, 0.6) is 0 Å². The van der Waals surface area contributed by atoms with Gasteiger partial charge in [-0.15, -0.1) is 11.6 Å². The van der Waals surface area contributed by atoms with Crippen molar-refractivity contribution in [3.05, 3.63) is 42.4 Å². The van der Waals surface area contributed by atoms with Gasteiger partial charge in [0.05, 0.1) is 11.7 Å². The minimum atomic E-state index is -0.146. The van der Waals surface area contributed by atoms with Gasteiger partial charge < -0.3 is 9.13 Å². The zero-order chi connectivity index (χ0) is 14.1. The highest BCUT2D eigenvalue weighted by Crippen LogP contribution is 2.23. The van der Waals surface area contributed by atoms with Crippen LogP contribution in [0.3, 0.4) is 0 Å². The number of alkyl halides is 1. The van der Waals surface area contributed by atoms with Crippen LogP contribution in [0.15, 0.2) is 31.0 Å². The van der Waals surface area contributed by atoms with Gasteiger partial charge in [-0.1, -0.05) is 0 Å². The van der Waals surface area contributed by atoms with Gasteiger partial charge in [-0.3, -0.25) is 0 Å². The Bertz CT molecular complexity index is 715. The molecule has 0 bridgehead atoms. The standard InChI is InChI=1S/C14H16ClN5/c1-10-7-12-14(17-8-10)20(13(18-12)11(2)15)6-5-19-4-3-16-9-19/h3-4,7-9,11H,5-6H2,1-2H3.